The highest BCUT2D eigenvalue weighted by Crippen LogP contribution is 2.28. The minimum Gasteiger partial charge on any atom is -0.393 e. The van der Waals surface area contributed by atoms with Gasteiger partial charge >= 0.3 is 0 Å². The van der Waals surface area contributed by atoms with E-state index in [4.69, 9.17) is 11.6 Å². The Morgan fingerprint density at radius 1 is 1.18 bits per heavy atom. The lowest BCUT2D eigenvalue weighted by Crippen LogP contribution is -2.38. The summed E-state index contributed by atoms with van der Waals surface area (Å²) in [7, 11) is -0.783. The molecule has 8 nitrogen and oxygen atoms in total. The Morgan fingerprint density at radius 2 is 1.89 bits per heavy atom. The molecule has 28 heavy (non-hydrogen) atoms. The van der Waals surface area contributed by atoms with Gasteiger partial charge in [0, 0.05) is 41.4 Å². The van der Waals surface area contributed by atoms with E-state index in [0.717, 1.165) is 6.42 Å². The quantitative estimate of drug-likeness (QED) is 0.649. The molecule has 2 N–H and O–H groups in total. The fourth-order valence-electron chi connectivity index (χ4n) is 3.42. The maximum Gasteiger partial charge on any atom is 0.225 e. The van der Waals surface area contributed by atoms with Crippen LogP contribution in [0.1, 0.15) is 33.6 Å². The molecule has 1 fully saturated rings. The maximum atomic E-state index is 11.7. The fraction of sp³-hybridized carbons (Fsp3) is 0.667. The van der Waals surface area contributed by atoms with Crippen molar-refractivity contribution in [3.8, 4) is 0 Å². The first-order valence-electron chi connectivity index (χ1n) is 9.56. The molecule has 0 saturated carbocycles. The molecule has 1 aliphatic heterocycles. The Hall–Kier alpha value is -1.58. The molecule has 0 radical (unpaired) electrons. The molecule has 2 unspecified atom stereocenters. The maximum absolute atomic E-state index is 11.7. The first kappa shape index (κ1) is 21.1. The van der Waals surface area contributed by atoms with Crippen molar-refractivity contribution in [2.45, 2.75) is 45.8 Å². The highest BCUT2D eigenvalue weighted by Gasteiger charge is 2.22. The van der Waals surface area contributed by atoms with Crippen LogP contribution in [-0.4, -0.2) is 66.0 Å². The van der Waals surface area contributed by atoms with Gasteiger partial charge in [-0.05, 0) is 37.3 Å². The minimum absolute atomic E-state index is 0.00134. The number of anilines is 2. The second kappa shape index (κ2) is 9.28. The summed E-state index contributed by atoms with van der Waals surface area (Å²) in [5.74, 6) is 2.86. The molecule has 0 aliphatic carbocycles. The number of halogens is 1. The summed E-state index contributed by atoms with van der Waals surface area (Å²) < 4.78 is 11.7. The summed E-state index contributed by atoms with van der Waals surface area (Å²) in [6.45, 7) is 7.46. The molecule has 1 aliphatic rings. The first-order valence-corrected chi connectivity index (χ1v) is 11.4. The van der Waals surface area contributed by atoms with Gasteiger partial charge in [0.2, 0.25) is 5.28 Å². The molecule has 2 aromatic rings. The summed E-state index contributed by atoms with van der Waals surface area (Å²) in [5.41, 5.74) is 1.17. The van der Waals surface area contributed by atoms with E-state index < -0.39 is 10.8 Å². The number of rotatable bonds is 7. The molecule has 10 heteroatoms. The largest absolute Gasteiger partial charge is 0.393 e. The summed E-state index contributed by atoms with van der Waals surface area (Å²) >= 11 is 6.19. The second-order valence-corrected chi connectivity index (χ2v) is 9.67. The van der Waals surface area contributed by atoms with Crippen LogP contribution in [0, 0.1) is 5.92 Å². The van der Waals surface area contributed by atoms with Gasteiger partial charge in [-0.3, -0.25) is 4.21 Å². The van der Waals surface area contributed by atoms with Crippen LogP contribution in [0.4, 0.5) is 11.6 Å². The lowest BCUT2D eigenvalue weighted by molar-refractivity contribution is 0.135. The summed E-state index contributed by atoms with van der Waals surface area (Å²) in [4.78, 5) is 19.5. The van der Waals surface area contributed by atoms with Gasteiger partial charge in [-0.15, -0.1) is 0 Å². The van der Waals surface area contributed by atoms with Crippen molar-refractivity contribution in [2.24, 2.45) is 5.92 Å². The molecule has 2 aromatic heterocycles. The average Bonchev–Trinajstić information content (AvgIpc) is 2.61. The zero-order valence-electron chi connectivity index (χ0n) is 16.4. The van der Waals surface area contributed by atoms with Crippen molar-refractivity contribution in [1.29, 1.82) is 0 Å². The molecule has 0 spiro atoms. The van der Waals surface area contributed by atoms with E-state index in [9.17, 15) is 9.32 Å². The molecule has 2 atom stereocenters. The number of fused-ring (bicyclic) bond motifs is 1. The zero-order chi connectivity index (χ0) is 20.3. The Bertz CT molecular complexity index is 842. The third-order valence-electron chi connectivity index (χ3n) is 4.67. The standard InChI is InChI=1S/C18H27ClN6O2S/c1-11(2)8-13(26)9-12(3)22-16-14-15(20-10-21-16)17(24-18(19)23-14)25-4-6-28(27)7-5-25/h10-13,26H,4-9H2,1-3H3,(H,20,21,22). The van der Waals surface area contributed by atoms with Gasteiger partial charge in [0.25, 0.3) is 0 Å². The summed E-state index contributed by atoms with van der Waals surface area (Å²) in [5, 5.41) is 13.7. The van der Waals surface area contributed by atoms with E-state index in [1.165, 1.54) is 6.33 Å². The fourth-order valence-corrected chi connectivity index (χ4v) is 4.64. The second-order valence-electron chi connectivity index (χ2n) is 7.64. The number of aliphatic hydroxyl groups is 1. The van der Waals surface area contributed by atoms with E-state index in [1.807, 2.05) is 11.8 Å². The van der Waals surface area contributed by atoms with Crippen LogP contribution in [0.2, 0.25) is 5.28 Å². The summed E-state index contributed by atoms with van der Waals surface area (Å²) in [6.07, 6.45) is 2.46. The van der Waals surface area contributed by atoms with Gasteiger partial charge in [0.1, 0.15) is 17.4 Å². The van der Waals surface area contributed by atoms with Crippen LogP contribution < -0.4 is 10.2 Å². The SMILES string of the molecule is CC(C)CC(O)CC(C)Nc1ncnc2c(N3CCS(=O)CC3)nc(Cl)nc12. The van der Waals surface area contributed by atoms with Crippen LogP contribution in [-0.2, 0) is 10.8 Å². The van der Waals surface area contributed by atoms with Crippen molar-refractivity contribution in [1.82, 2.24) is 19.9 Å². The lowest BCUT2D eigenvalue weighted by atomic mass is 10.0. The first-order chi connectivity index (χ1) is 13.3. The monoisotopic (exact) mass is 426 g/mol. The van der Waals surface area contributed by atoms with Gasteiger partial charge in [-0.2, -0.15) is 4.98 Å². The number of aromatic nitrogens is 4. The highest BCUT2D eigenvalue weighted by molar-refractivity contribution is 7.85. The zero-order valence-corrected chi connectivity index (χ0v) is 18.0. The summed E-state index contributed by atoms with van der Waals surface area (Å²) in [6, 6.07) is 0.00134. The number of hydrogen-bond donors (Lipinski definition) is 2. The van der Waals surface area contributed by atoms with E-state index in [0.29, 0.717) is 59.6 Å². The molecule has 0 bridgehead atoms. The number of nitrogens with zero attached hydrogens (tertiary/aromatic N) is 5. The van der Waals surface area contributed by atoms with E-state index in [2.05, 4.69) is 39.1 Å². The molecule has 0 amide bonds. The molecule has 1 saturated heterocycles. The van der Waals surface area contributed by atoms with Crippen molar-refractivity contribution in [3.05, 3.63) is 11.6 Å². The Labute approximate surface area is 172 Å². The predicted molar refractivity (Wildman–Crippen MR) is 113 cm³/mol. The topological polar surface area (TPSA) is 104 Å². The average molecular weight is 427 g/mol. The number of nitrogens with one attached hydrogen (secondary N) is 1. The van der Waals surface area contributed by atoms with Crippen LogP contribution in [0.3, 0.4) is 0 Å². The smallest absolute Gasteiger partial charge is 0.225 e. The molecule has 154 valence electrons. The van der Waals surface area contributed by atoms with Crippen LogP contribution >= 0.6 is 11.6 Å². The third-order valence-corrected chi connectivity index (χ3v) is 6.11. The highest BCUT2D eigenvalue weighted by atomic mass is 35.5. The van der Waals surface area contributed by atoms with Gasteiger partial charge in [0.05, 0.1) is 6.10 Å². The van der Waals surface area contributed by atoms with Crippen LogP contribution in [0.25, 0.3) is 11.0 Å². The van der Waals surface area contributed by atoms with Crippen molar-refractivity contribution >= 4 is 45.1 Å². The van der Waals surface area contributed by atoms with Crippen LogP contribution in [0.15, 0.2) is 6.33 Å². The van der Waals surface area contributed by atoms with Gasteiger partial charge < -0.3 is 15.3 Å². The van der Waals surface area contributed by atoms with Gasteiger partial charge in [-0.25, -0.2) is 15.0 Å². The Balaban J connectivity index is 1.85. The normalized spacial score (nSPS) is 17.9. The predicted octanol–water partition coefficient (Wildman–Crippen LogP) is 2.24. The molecular formula is C18H27ClN6O2S. The van der Waals surface area contributed by atoms with Gasteiger partial charge in [0.15, 0.2) is 11.6 Å². The number of hydrogen-bond acceptors (Lipinski definition) is 8. The van der Waals surface area contributed by atoms with E-state index in [1.54, 1.807) is 0 Å². The van der Waals surface area contributed by atoms with Crippen molar-refractivity contribution in [3.63, 3.8) is 0 Å². The molecule has 3 heterocycles. The Kier molecular flexibility index (Phi) is 7.00. The molecule has 3 rings (SSSR count). The van der Waals surface area contributed by atoms with Crippen molar-refractivity contribution in [2.75, 3.05) is 34.8 Å². The molecule has 0 aromatic carbocycles. The van der Waals surface area contributed by atoms with Gasteiger partial charge in [-0.1, -0.05) is 13.8 Å². The lowest BCUT2D eigenvalue weighted by Gasteiger charge is -2.28. The van der Waals surface area contributed by atoms with E-state index >= 15 is 0 Å². The number of aliphatic hydroxyl groups excluding tert-OH is 1. The van der Waals surface area contributed by atoms with Crippen LogP contribution in [0.5, 0.6) is 0 Å². The third kappa shape index (κ3) is 5.27. The minimum atomic E-state index is -0.783. The van der Waals surface area contributed by atoms with Crippen molar-refractivity contribution < 1.29 is 9.32 Å². The molecular weight excluding hydrogens is 400 g/mol. The van der Waals surface area contributed by atoms with E-state index in [-0.39, 0.29) is 17.4 Å². The Morgan fingerprint density at radius 3 is 2.57 bits per heavy atom.